The Morgan fingerprint density at radius 3 is 2.68 bits per heavy atom. The molecule has 0 unspecified atom stereocenters. The maximum atomic E-state index is 12.2. The molecule has 146 valence electrons. The number of nitrogens with zero attached hydrogens (tertiary/aromatic N) is 1. The number of halogens is 1. The Balaban J connectivity index is 1.65. The van der Waals surface area contributed by atoms with Crippen LogP contribution in [0.25, 0.3) is 0 Å². The molecule has 1 aliphatic heterocycles. The van der Waals surface area contributed by atoms with Gasteiger partial charge in [-0.15, -0.1) is 0 Å². The van der Waals surface area contributed by atoms with E-state index in [0.29, 0.717) is 35.7 Å². The highest BCUT2D eigenvalue weighted by Gasteiger charge is 2.25. The van der Waals surface area contributed by atoms with Gasteiger partial charge >= 0.3 is 0 Å². The summed E-state index contributed by atoms with van der Waals surface area (Å²) >= 11 is 2.08. The Morgan fingerprint density at radius 1 is 1.21 bits per heavy atom. The Hall–Kier alpha value is -2.62. The molecule has 1 aliphatic rings. The molecule has 8 heteroatoms. The second-order valence-corrected chi connectivity index (χ2v) is 7.41. The Morgan fingerprint density at radius 2 is 2.00 bits per heavy atom. The second kappa shape index (κ2) is 9.05. The zero-order chi connectivity index (χ0) is 20.1. The number of ether oxygens (including phenoxy) is 1. The van der Waals surface area contributed by atoms with Crippen molar-refractivity contribution < 1.29 is 19.1 Å². The summed E-state index contributed by atoms with van der Waals surface area (Å²) < 4.78 is 6.15. The maximum absolute atomic E-state index is 12.2. The molecule has 1 saturated heterocycles. The zero-order valence-electron chi connectivity index (χ0n) is 15.3. The molecule has 1 heterocycles. The van der Waals surface area contributed by atoms with E-state index in [1.54, 1.807) is 35.2 Å². The number of nitrogens with one attached hydrogen (secondary N) is 2. The lowest BCUT2D eigenvalue weighted by molar-refractivity contribution is -0.117. The van der Waals surface area contributed by atoms with Gasteiger partial charge in [0.05, 0.1) is 24.9 Å². The van der Waals surface area contributed by atoms with E-state index in [-0.39, 0.29) is 24.3 Å². The highest BCUT2D eigenvalue weighted by atomic mass is 127. The number of hydrogen-bond donors (Lipinski definition) is 2. The summed E-state index contributed by atoms with van der Waals surface area (Å²) in [6.07, 6.45) is 1.30. The third kappa shape index (κ3) is 4.61. The fraction of sp³-hybridized carbons (Fsp3) is 0.250. The molecule has 0 saturated carbocycles. The number of benzene rings is 2. The molecule has 1 fully saturated rings. The lowest BCUT2D eigenvalue weighted by atomic mass is 10.2. The van der Waals surface area contributed by atoms with Gasteiger partial charge in [0.25, 0.3) is 5.91 Å². The standard InChI is InChI=1S/C20H20IN3O4/c1-28-17-9-8-13(11-16(17)24-10-4-7-19(24)26)23-18(25)12-22-20(27)14-5-2-3-6-15(14)21/h2-3,5-6,8-9,11H,4,7,10,12H2,1H3,(H,22,27)(H,23,25). The van der Waals surface area contributed by atoms with Gasteiger partial charge in [-0.25, -0.2) is 0 Å². The highest BCUT2D eigenvalue weighted by Crippen LogP contribution is 2.33. The van der Waals surface area contributed by atoms with Crippen LogP contribution in [0, 0.1) is 3.57 Å². The molecule has 3 amide bonds. The fourth-order valence-electron chi connectivity index (χ4n) is 2.99. The summed E-state index contributed by atoms with van der Waals surface area (Å²) in [4.78, 5) is 38.2. The van der Waals surface area contributed by atoms with Crippen molar-refractivity contribution in [1.29, 1.82) is 0 Å². The van der Waals surface area contributed by atoms with Crippen molar-refractivity contribution in [2.24, 2.45) is 0 Å². The van der Waals surface area contributed by atoms with Crippen LogP contribution >= 0.6 is 22.6 Å². The number of carbonyl (C=O) groups is 3. The minimum atomic E-state index is -0.358. The van der Waals surface area contributed by atoms with Crippen LogP contribution in [0.15, 0.2) is 42.5 Å². The van der Waals surface area contributed by atoms with Crippen molar-refractivity contribution in [3.05, 3.63) is 51.6 Å². The van der Waals surface area contributed by atoms with Crippen molar-refractivity contribution in [2.75, 3.05) is 30.4 Å². The molecule has 0 spiro atoms. The lowest BCUT2D eigenvalue weighted by Crippen LogP contribution is -2.33. The van der Waals surface area contributed by atoms with Crippen molar-refractivity contribution in [2.45, 2.75) is 12.8 Å². The summed E-state index contributed by atoms with van der Waals surface area (Å²) in [6.45, 7) is 0.464. The Bertz CT molecular complexity index is 916. The normalized spacial score (nSPS) is 13.4. The van der Waals surface area contributed by atoms with Gasteiger partial charge in [-0.3, -0.25) is 14.4 Å². The van der Waals surface area contributed by atoms with E-state index in [9.17, 15) is 14.4 Å². The molecule has 0 radical (unpaired) electrons. The van der Waals surface area contributed by atoms with Crippen LogP contribution in [0.4, 0.5) is 11.4 Å². The van der Waals surface area contributed by atoms with Crippen LogP contribution < -0.4 is 20.3 Å². The zero-order valence-corrected chi connectivity index (χ0v) is 17.5. The molecular weight excluding hydrogens is 473 g/mol. The summed E-state index contributed by atoms with van der Waals surface area (Å²) in [7, 11) is 1.54. The van der Waals surface area contributed by atoms with Crippen LogP contribution in [0.3, 0.4) is 0 Å². The second-order valence-electron chi connectivity index (χ2n) is 6.25. The van der Waals surface area contributed by atoms with Crippen LogP contribution in [0.2, 0.25) is 0 Å². The predicted molar refractivity (Wildman–Crippen MR) is 115 cm³/mol. The monoisotopic (exact) mass is 493 g/mol. The van der Waals surface area contributed by atoms with Gasteiger partial charge < -0.3 is 20.3 Å². The molecule has 7 nitrogen and oxygen atoms in total. The molecule has 2 aromatic rings. The molecule has 2 N–H and O–H groups in total. The third-order valence-corrected chi connectivity index (χ3v) is 5.30. The van der Waals surface area contributed by atoms with Gasteiger partial charge in [-0.1, -0.05) is 12.1 Å². The average Bonchev–Trinajstić information content (AvgIpc) is 3.12. The summed E-state index contributed by atoms with van der Waals surface area (Å²) in [5, 5.41) is 5.36. The number of methoxy groups -OCH3 is 1. The summed E-state index contributed by atoms with van der Waals surface area (Å²) in [6, 6.07) is 12.3. The molecule has 28 heavy (non-hydrogen) atoms. The lowest BCUT2D eigenvalue weighted by Gasteiger charge is -2.20. The van der Waals surface area contributed by atoms with E-state index >= 15 is 0 Å². The number of hydrogen-bond acceptors (Lipinski definition) is 4. The third-order valence-electron chi connectivity index (χ3n) is 4.35. The fourth-order valence-corrected chi connectivity index (χ4v) is 3.62. The minimum Gasteiger partial charge on any atom is -0.495 e. The number of anilines is 2. The Kier molecular flexibility index (Phi) is 6.50. The van der Waals surface area contributed by atoms with E-state index in [2.05, 4.69) is 33.2 Å². The number of carbonyl (C=O) groups excluding carboxylic acids is 3. The minimum absolute atomic E-state index is 0.0338. The first kappa shape index (κ1) is 20.1. The van der Waals surface area contributed by atoms with Crippen LogP contribution in [0.1, 0.15) is 23.2 Å². The summed E-state index contributed by atoms with van der Waals surface area (Å²) in [5.74, 6) is -0.0619. The van der Waals surface area contributed by atoms with Crippen molar-refractivity contribution in [3.8, 4) is 5.75 Å². The smallest absolute Gasteiger partial charge is 0.252 e. The topological polar surface area (TPSA) is 87.7 Å². The highest BCUT2D eigenvalue weighted by molar-refractivity contribution is 14.1. The molecule has 0 aromatic heterocycles. The van der Waals surface area contributed by atoms with Gasteiger partial charge in [-0.05, 0) is 59.3 Å². The van der Waals surface area contributed by atoms with Gasteiger partial charge in [-0.2, -0.15) is 0 Å². The van der Waals surface area contributed by atoms with Crippen LogP contribution in [-0.2, 0) is 9.59 Å². The molecule has 3 rings (SSSR count). The van der Waals surface area contributed by atoms with Gasteiger partial charge in [0.15, 0.2) is 0 Å². The quantitative estimate of drug-likeness (QED) is 0.607. The van der Waals surface area contributed by atoms with Gasteiger partial charge in [0.1, 0.15) is 5.75 Å². The SMILES string of the molecule is COc1ccc(NC(=O)CNC(=O)c2ccccc2I)cc1N1CCCC1=O. The van der Waals surface area contributed by atoms with E-state index in [1.165, 1.54) is 7.11 Å². The van der Waals surface area contributed by atoms with Gasteiger partial charge in [0.2, 0.25) is 11.8 Å². The first-order valence-corrected chi connectivity index (χ1v) is 9.88. The molecule has 2 aromatic carbocycles. The van der Waals surface area contributed by atoms with Crippen molar-refractivity contribution in [3.63, 3.8) is 0 Å². The van der Waals surface area contributed by atoms with E-state index in [0.717, 1.165) is 9.99 Å². The summed E-state index contributed by atoms with van der Waals surface area (Å²) in [5.41, 5.74) is 1.69. The molecule has 0 atom stereocenters. The van der Waals surface area contributed by atoms with E-state index in [1.807, 2.05) is 12.1 Å². The van der Waals surface area contributed by atoms with E-state index in [4.69, 9.17) is 4.74 Å². The average molecular weight is 493 g/mol. The Labute approximate surface area is 176 Å². The predicted octanol–water partition coefficient (Wildman–Crippen LogP) is 2.80. The van der Waals surface area contributed by atoms with Gasteiger partial charge in [0, 0.05) is 22.2 Å². The van der Waals surface area contributed by atoms with Crippen LogP contribution in [-0.4, -0.2) is 37.9 Å². The van der Waals surface area contributed by atoms with Crippen molar-refractivity contribution >= 4 is 51.7 Å². The number of amides is 3. The van der Waals surface area contributed by atoms with Crippen LogP contribution in [0.5, 0.6) is 5.75 Å². The molecule has 0 bridgehead atoms. The van der Waals surface area contributed by atoms with Crippen molar-refractivity contribution in [1.82, 2.24) is 5.32 Å². The maximum Gasteiger partial charge on any atom is 0.252 e. The first-order valence-electron chi connectivity index (χ1n) is 8.80. The number of rotatable bonds is 6. The molecule has 0 aliphatic carbocycles. The largest absolute Gasteiger partial charge is 0.495 e. The van der Waals surface area contributed by atoms with E-state index < -0.39 is 0 Å². The molecular formula is C20H20IN3O4. The first-order chi connectivity index (χ1) is 13.5.